The van der Waals surface area contributed by atoms with Crippen LogP contribution in [-0.4, -0.2) is 12.5 Å². The van der Waals surface area contributed by atoms with E-state index < -0.39 is 12.5 Å². The monoisotopic (exact) mass is 196 g/mol. The van der Waals surface area contributed by atoms with Crippen molar-refractivity contribution in [3.63, 3.8) is 0 Å². The van der Waals surface area contributed by atoms with E-state index in [0.29, 0.717) is 11.3 Å². The molecule has 0 saturated heterocycles. The van der Waals surface area contributed by atoms with Crippen molar-refractivity contribution < 1.29 is 8.78 Å². The van der Waals surface area contributed by atoms with Gasteiger partial charge < -0.3 is 5.32 Å². The standard InChI is InChI=1S/C10H10F2N2/c1-7(10(11)12)14-9-4-2-8(6-13)3-5-9/h2-5,7,10,14H,1H3. The molecule has 0 bridgehead atoms. The lowest BCUT2D eigenvalue weighted by molar-refractivity contribution is 0.131. The van der Waals surface area contributed by atoms with Crippen LogP contribution in [-0.2, 0) is 0 Å². The minimum Gasteiger partial charge on any atom is -0.377 e. The summed E-state index contributed by atoms with van der Waals surface area (Å²) in [6.45, 7) is 1.41. The Bertz CT molecular complexity index is 327. The average molecular weight is 196 g/mol. The Hall–Kier alpha value is -1.63. The molecule has 74 valence electrons. The van der Waals surface area contributed by atoms with Gasteiger partial charge in [0.05, 0.1) is 17.7 Å². The van der Waals surface area contributed by atoms with E-state index in [4.69, 9.17) is 5.26 Å². The van der Waals surface area contributed by atoms with Crippen molar-refractivity contribution >= 4 is 5.69 Å². The van der Waals surface area contributed by atoms with Gasteiger partial charge in [0.15, 0.2) is 0 Å². The largest absolute Gasteiger partial charge is 0.377 e. The molecular formula is C10H10F2N2. The second kappa shape index (κ2) is 4.56. The van der Waals surface area contributed by atoms with E-state index in [1.165, 1.54) is 6.92 Å². The van der Waals surface area contributed by atoms with Crippen LogP contribution in [0.3, 0.4) is 0 Å². The first-order chi connectivity index (χ1) is 6.63. The van der Waals surface area contributed by atoms with E-state index >= 15 is 0 Å². The Kier molecular flexibility index (Phi) is 3.41. The minimum absolute atomic E-state index is 0.514. The lowest BCUT2D eigenvalue weighted by atomic mass is 10.2. The molecule has 14 heavy (non-hydrogen) atoms. The van der Waals surface area contributed by atoms with E-state index in [1.54, 1.807) is 24.3 Å². The Morgan fingerprint density at radius 3 is 2.29 bits per heavy atom. The van der Waals surface area contributed by atoms with Crippen molar-refractivity contribution in [2.45, 2.75) is 19.4 Å². The molecule has 0 saturated carbocycles. The van der Waals surface area contributed by atoms with E-state index in [1.807, 2.05) is 6.07 Å². The summed E-state index contributed by atoms with van der Waals surface area (Å²) in [5.74, 6) is 0. The van der Waals surface area contributed by atoms with E-state index in [2.05, 4.69) is 5.32 Å². The summed E-state index contributed by atoms with van der Waals surface area (Å²) in [5.41, 5.74) is 1.11. The molecule has 0 fully saturated rings. The Morgan fingerprint density at radius 2 is 1.86 bits per heavy atom. The molecule has 0 amide bonds. The van der Waals surface area contributed by atoms with Crippen LogP contribution in [0.4, 0.5) is 14.5 Å². The third kappa shape index (κ3) is 2.70. The van der Waals surface area contributed by atoms with Gasteiger partial charge in [-0.15, -0.1) is 0 Å². The van der Waals surface area contributed by atoms with Crippen LogP contribution < -0.4 is 5.32 Å². The second-order valence-corrected chi connectivity index (χ2v) is 2.96. The maximum Gasteiger partial charge on any atom is 0.258 e. The number of halogens is 2. The summed E-state index contributed by atoms with van der Waals surface area (Å²) in [6, 6.07) is 7.45. The SMILES string of the molecule is CC(Nc1ccc(C#N)cc1)C(F)F. The third-order valence-corrected chi connectivity index (χ3v) is 1.79. The van der Waals surface area contributed by atoms with Gasteiger partial charge in [0.2, 0.25) is 0 Å². The summed E-state index contributed by atoms with van der Waals surface area (Å²) in [5, 5.41) is 11.1. The first-order valence-electron chi connectivity index (χ1n) is 4.18. The van der Waals surface area contributed by atoms with Crippen LogP contribution in [0, 0.1) is 11.3 Å². The molecule has 0 aromatic heterocycles. The summed E-state index contributed by atoms with van der Waals surface area (Å²) < 4.78 is 24.3. The van der Waals surface area contributed by atoms with Crippen LogP contribution in [0.2, 0.25) is 0 Å². The summed E-state index contributed by atoms with van der Waals surface area (Å²) >= 11 is 0. The van der Waals surface area contributed by atoms with Crippen molar-refractivity contribution in [2.75, 3.05) is 5.32 Å². The first kappa shape index (κ1) is 10.5. The topological polar surface area (TPSA) is 35.8 Å². The minimum atomic E-state index is -2.40. The maximum atomic E-state index is 12.1. The molecule has 2 nitrogen and oxygen atoms in total. The van der Waals surface area contributed by atoms with Gasteiger partial charge in [0.25, 0.3) is 6.43 Å². The van der Waals surface area contributed by atoms with E-state index in [9.17, 15) is 8.78 Å². The molecule has 1 unspecified atom stereocenters. The number of hydrogen-bond donors (Lipinski definition) is 1. The zero-order valence-electron chi connectivity index (χ0n) is 7.67. The highest BCUT2D eigenvalue weighted by molar-refractivity contribution is 5.47. The summed E-state index contributed by atoms with van der Waals surface area (Å²) in [7, 11) is 0. The molecule has 0 aliphatic heterocycles. The highest BCUT2D eigenvalue weighted by Crippen LogP contribution is 2.12. The molecule has 0 heterocycles. The molecule has 1 N–H and O–H groups in total. The smallest absolute Gasteiger partial charge is 0.258 e. The van der Waals surface area contributed by atoms with Crippen LogP contribution >= 0.6 is 0 Å². The second-order valence-electron chi connectivity index (χ2n) is 2.96. The molecule has 0 aliphatic rings. The molecule has 0 radical (unpaired) electrons. The zero-order chi connectivity index (χ0) is 10.6. The van der Waals surface area contributed by atoms with Crippen molar-refractivity contribution in [1.29, 1.82) is 5.26 Å². The number of alkyl halides is 2. The first-order valence-corrected chi connectivity index (χ1v) is 4.18. The van der Waals surface area contributed by atoms with Gasteiger partial charge in [-0.2, -0.15) is 5.26 Å². The van der Waals surface area contributed by atoms with Gasteiger partial charge in [-0.3, -0.25) is 0 Å². The van der Waals surface area contributed by atoms with Crippen LogP contribution in [0.1, 0.15) is 12.5 Å². The molecule has 0 spiro atoms. The number of nitrogens with one attached hydrogen (secondary N) is 1. The fraction of sp³-hybridized carbons (Fsp3) is 0.300. The number of hydrogen-bond acceptors (Lipinski definition) is 2. The van der Waals surface area contributed by atoms with Gasteiger partial charge in [0.1, 0.15) is 0 Å². The third-order valence-electron chi connectivity index (χ3n) is 1.79. The zero-order valence-corrected chi connectivity index (χ0v) is 7.67. The summed E-state index contributed by atoms with van der Waals surface area (Å²) in [6.07, 6.45) is -2.40. The molecule has 4 heteroatoms. The van der Waals surface area contributed by atoms with Gasteiger partial charge >= 0.3 is 0 Å². The lowest BCUT2D eigenvalue weighted by Crippen LogP contribution is -2.23. The molecular weight excluding hydrogens is 186 g/mol. The maximum absolute atomic E-state index is 12.1. The Morgan fingerprint density at radius 1 is 1.29 bits per heavy atom. The van der Waals surface area contributed by atoms with Crippen LogP contribution in [0.5, 0.6) is 0 Å². The lowest BCUT2D eigenvalue weighted by Gasteiger charge is -2.13. The average Bonchev–Trinajstić information content (AvgIpc) is 2.19. The molecule has 1 aromatic carbocycles. The fourth-order valence-electron chi connectivity index (χ4n) is 0.967. The van der Waals surface area contributed by atoms with Gasteiger partial charge in [-0.05, 0) is 31.2 Å². The highest BCUT2D eigenvalue weighted by atomic mass is 19.3. The highest BCUT2D eigenvalue weighted by Gasteiger charge is 2.13. The molecule has 0 aliphatic carbocycles. The van der Waals surface area contributed by atoms with Crippen LogP contribution in [0.15, 0.2) is 24.3 Å². The van der Waals surface area contributed by atoms with Crippen molar-refractivity contribution in [3.8, 4) is 6.07 Å². The van der Waals surface area contributed by atoms with Gasteiger partial charge in [0, 0.05) is 5.69 Å². The molecule has 1 rings (SSSR count). The van der Waals surface area contributed by atoms with Crippen molar-refractivity contribution in [1.82, 2.24) is 0 Å². The Balaban J connectivity index is 2.65. The normalized spacial score (nSPS) is 12.2. The fourth-order valence-corrected chi connectivity index (χ4v) is 0.967. The summed E-state index contributed by atoms with van der Waals surface area (Å²) in [4.78, 5) is 0. The van der Waals surface area contributed by atoms with Crippen molar-refractivity contribution in [3.05, 3.63) is 29.8 Å². The molecule has 1 atom stereocenters. The predicted molar refractivity (Wildman–Crippen MR) is 50.2 cm³/mol. The number of rotatable bonds is 3. The van der Waals surface area contributed by atoms with Crippen molar-refractivity contribution in [2.24, 2.45) is 0 Å². The predicted octanol–water partition coefficient (Wildman–Crippen LogP) is 2.62. The number of benzene rings is 1. The van der Waals surface area contributed by atoms with E-state index in [0.717, 1.165) is 0 Å². The van der Waals surface area contributed by atoms with Crippen LogP contribution in [0.25, 0.3) is 0 Å². The van der Waals surface area contributed by atoms with Gasteiger partial charge in [-0.1, -0.05) is 0 Å². The van der Waals surface area contributed by atoms with Gasteiger partial charge in [-0.25, -0.2) is 8.78 Å². The quantitative estimate of drug-likeness (QED) is 0.806. The number of nitrogens with zero attached hydrogens (tertiary/aromatic N) is 1. The number of nitriles is 1. The van der Waals surface area contributed by atoms with E-state index in [-0.39, 0.29) is 0 Å². The Labute approximate surface area is 81.2 Å². The number of anilines is 1. The molecule has 1 aromatic rings.